The van der Waals surface area contributed by atoms with Gasteiger partial charge in [0.25, 0.3) is 0 Å². The second kappa shape index (κ2) is 8.71. The van der Waals surface area contributed by atoms with E-state index in [9.17, 15) is 28.3 Å². The maximum atomic E-state index is 13.2. The number of rotatable bonds is 4. The lowest BCUT2D eigenvalue weighted by atomic mass is 9.92. The Morgan fingerprint density at radius 2 is 1.81 bits per heavy atom. The number of halogens is 3. The van der Waals surface area contributed by atoms with Crippen molar-refractivity contribution in [2.75, 3.05) is 11.4 Å². The third-order valence-corrected chi connectivity index (χ3v) is 5.15. The van der Waals surface area contributed by atoms with E-state index in [2.05, 4.69) is 0 Å². The molecule has 0 spiro atoms. The van der Waals surface area contributed by atoms with Crippen LogP contribution in [-0.2, 0) is 11.0 Å². The third kappa shape index (κ3) is 4.28. The molecule has 2 aromatic rings. The van der Waals surface area contributed by atoms with Gasteiger partial charge in [-0.25, -0.2) is 4.90 Å². The molecule has 1 heterocycles. The first kappa shape index (κ1) is 22.8. The van der Waals surface area contributed by atoms with Gasteiger partial charge in [0.05, 0.1) is 41.4 Å². The van der Waals surface area contributed by atoms with Crippen molar-refractivity contribution in [2.24, 2.45) is 5.73 Å². The van der Waals surface area contributed by atoms with Gasteiger partial charge in [0.1, 0.15) is 0 Å². The number of primary amides is 1. The molecule has 1 aliphatic heterocycles. The van der Waals surface area contributed by atoms with Crippen molar-refractivity contribution < 1.29 is 23.1 Å². The highest BCUT2D eigenvalue weighted by Crippen LogP contribution is 2.41. The number of allylic oxidation sites excluding steroid dienone is 1. The molecule has 0 saturated heterocycles. The molecule has 0 aromatic heterocycles. The van der Waals surface area contributed by atoms with Crippen LogP contribution in [0.5, 0.6) is 0 Å². The zero-order chi connectivity index (χ0) is 23.6. The number of aliphatic hydroxyl groups is 1. The molecule has 1 unspecified atom stereocenters. The number of nitrogens with zero attached hydrogens (tertiary/aromatic N) is 4. The van der Waals surface area contributed by atoms with Gasteiger partial charge in [-0.05, 0) is 42.8 Å². The zero-order valence-electron chi connectivity index (χ0n) is 16.8. The van der Waals surface area contributed by atoms with E-state index in [1.165, 1.54) is 36.1 Å². The Morgan fingerprint density at radius 1 is 1.16 bits per heavy atom. The molecule has 32 heavy (non-hydrogen) atoms. The largest absolute Gasteiger partial charge is 0.416 e. The van der Waals surface area contributed by atoms with Crippen molar-refractivity contribution in [2.45, 2.75) is 25.5 Å². The lowest BCUT2D eigenvalue weighted by Crippen LogP contribution is -2.56. The third-order valence-electron chi connectivity index (χ3n) is 5.15. The van der Waals surface area contributed by atoms with Crippen molar-refractivity contribution in [3.05, 3.63) is 76.5 Å². The van der Waals surface area contributed by atoms with Crippen LogP contribution < -0.4 is 10.6 Å². The maximum absolute atomic E-state index is 13.2. The van der Waals surface area contributed by atoms with Crippen molar-refractivity contribution in [3.8, 4) is 12.1 Å². The van der Waals surface area contributed by atoms with Gasteiger partial charge in [0.2, 0.25) is 5.91 Å². The quantitative estimate of drug-likeness (QED) is 0.753. The average molecular weight is 441 g/mol. The number of aliphatic hydroxyl groups excluding tert-OH is 1. The first-order chi connectivity index (χ1) is 15.1. The molecule has 0 fully saturated rings. The summed E-state index contributed by atoms with van der Waals surface area (Å²) in [4.78, 5) is 14.1. The Bertz CT molecular complexity index is 1150. The number of benzene rings is 2. The molecule has 2 aromatic carbocycles. The monoisotopic (exact) mass is 441 g/mol. The molecule has 1 amide bonds. The first-order valence-electron chi connectivity index (χ1n) is 9.38. The van der Waals surface area contributed by atoms with Crippen LogP contribution >= 0.6 is 0 Å². The predicted molar refractivity (Wildman–Crippen MR) is 108 cm³/mol. The molecule has 0 radical (unpaired) electrons. The first-order valence-corrected chi connectivity index (χ1v) is 9.38. The van der Waals surface area contributed by atoms with E-state index in [4.69, 9.17) is 11.0 Å². The standard InChI is InChI=1S/C22H18F3N5O2/c1-13-18(11-27)20(15-7-5-14(10-26)6-8-15)29(12-19(28)31)21(32)30(13)17-4-2-3-16(9-17)22(23,24)25/h2-9,20-21,32H,12H2,1H3,(H2,28,31)/t20-,21?/m1/s1. The van der Waals surface area contributed by atoms with Crippen LogP contribution in [0.25, 0.3) is 0 Å². The number of carbonyl (C=O) groups is 1. The van der Waals surface area contributed by atoms with Gasteiger partial charge in [-0.15, -0.1) is 0 Å². The van der Waals surface area contributed by atoms with Crippen LogP contribution in [0.1, 0.15) is 29.7 Å². The van der Waals surface area contributed by atoms with Gasteiger partial charge >= 0.3 is 6.18 Å². The van der Waals surface area contributed by atoms with E-state index in [0.717, 1.165) is 17.0 Å². The molecule has 7 nitrogen and oxygen atoms in total. The van der Waals surface area contributed by atoms with E-state index in [-0.39, 0.29) is 17.0 Å². The van der Waals surface area contributed by atoms with E-state index in [0.29, 0.717) is 11.1 Å². The minimum Gasteiger partial charge on any atom is -0.369 e. The van der Waals surface area contributed by atoms with E-state index in [1.54, 1.807) is 12.1 Å². The molecule has 1 aliphatic rings. The van der Waals surface area contributed by atoms with Crippen LogP contribution in [0.4, 0.5) is 18.9 Å². The lowest BCUT2D eigenvalue weighted by Gasteiger charge is -2.46. The summed E-state index contributed by atoms with van der Waals surface area (Å²) in [5, 5.41) is 30.0. The average Bonchev–Trinajstić information content (AvgIpc) is 2.75. The van der Waals surface area contributed by atoms with E-state index >= 15 is 0 Å². The van der Waals surface area contributed by atoms with Gasteiger partial charge in [0, 0.05) is 11.4 Å². The minimum atomic E-state index is -4.61. The number of hydrogen-bond acceptors (Lipinski definition) is 6. The SMILES string of the molecule is CC1=C(C#N)[C@@H](c2ccc(C#N)cc2)N(CC(N)=O)C(O)N1c1cccc(C(F)(F)F)c1. The number of hydrogen-bond donors (Lipinski definition) is 2. The number of anilines is 1. The van der Waals surface area contributed by atoms with Crippen LogP contribution in [0, 0.1) is 22.7 Å². The van der Waals surface area contributed by atoms with Crippen molar-refractivity contribution in [1.82, 2.24) is 4.90 Å². The number of amides is 1. The predicted octanol–water partition coefficient (Wildman–Crippen LogP) is 3.00. The van der Waals surface area contributed by atoms with Crippen molar-refractivity contribution in [1.29, 1.82) is 10.5 Å². The van der Waals surface area contributed by atoms with Crippen molar-refractivity contribution in [3.63, 3.8) is 0 Å². The summed E-state index contributed by atoms with van der Waals surface area (Å²) in [7, 11) is 0. The van der Waals surface area contributed by atoms with Crippen molar-refractivity contribution >= 4 is 11.6 Å². The highest BCUT2D eigenvalue weighted by atomic mass is 19.4. The molecule has 0 aliphatic carbocycles. The highest BCUT2D eigenvalue weighted by Gasteiger charge is 2.41. The van der Waals surface area contributed by atoms with E-state index < -0.39 is 36.6 Å². The Balaban J connectivity index is 2.19. The fourth-order valence-corrected chi connectivity index (χ4v) is 3.70. The highest BCUT2D eigenvalue weighted by molar-refractivity contribution is 5.76. The summed E-state index contributed by atoms with van der Waals surface area (Å²) in [6.45, 7) is 1.03. The van der Waals surface area contributed by atoms with Gasteiger partial charge in [-0.3, -0.25) is 4.79 Å². The van der Waals surface area contributed by atoms with Gasteiger partial charge < -0.3 is 15.7 Å². The Kier molecular flexibility index (Phi) is 6.21. The smallest absolute Gasteiger partial charge is 0.369 e. The fourth-order valence-electron chi connectivity index (χ4n) is 3.70. The summed E-state index contributed by atoms with van der Waals surface area (Å²) in [6.07, 6.45) is -6.20. The van der Waals surface area contributed by atoms with Crippen LogP contribution in [-0.4, -0.2) is 28.8 Å². The molecule has 10 heteroatoms. The molecular formula is C22H18F3N5O2. The van der Waals surface area contributed by atoms with E-state index in [1.807, 2.05) is 12.1 Å². The summed E-state index contributed by atoms with van der Waals surface area (Å²) in [5.74, 6) is -0.802. The van der Waals surface area contributed by atoms with Gasteiger partial charge in [0.15, 0.2) is 6.35 Å². The molecule has 2 atom stereocenters. The molecular weight excluding hydrogens is 423 g/mol. The molecule has 0 saturated carbocycles. The molecule has 3 rings (SSSR count). The summed E-state index contributed by atoms with van der Waals surface area (Å²) in [6, 6.07) is 13.6. The van der Waals surface area contributed by atoms with Crippen LogP contribution in [0.15, 0.2) is 59.8 Å². The van der Waals surface area contributed by atoms with Crippen LogP contribution in [0.3, 0.4) is 0 Å². The minimum absolute atomic E-state index is 0.00896. The Morgan fingerprint density at radius 3 is 2.34 bits per heavy atom. The molecule has 3 N–H and O–H groups in total. The number of carbonyl (C=O) groups excluding carboxylic acids is 1. The lowest BCUT2D eigenvalue weighted by molar-refractivity contribution is -0.137. The second-order valence-corrected chi connectivity index (χ2v) is 7.15. The molecule has 164 valence electrons. The molecule has 0 bridgehead atoms. The number of nitrogens with two attached hydrogens (primary N) is 1. The second-order valence-electron chi connectivity index (χ2n) is 7.15. The summed E-state index contributed by atoms with van der Waals surface area (Å²) in [5.41, 5.74) is 5.62. The topological polar surface area (TPSA) is 117 Å². The number of nitriles is 2. The summed E-state index contributed by atoms with van der Waals surface area (Å²) < 4.78 is 39.7. The maximum Gasteiger partial charge on any atom is 0.416 e. The Hall–Kier alpha value is -3.86. The fraction of sp³-hybridized carbons (Fsp3) is 0.227. The zero-order valence-corrected chi connectivity index (χ0v) is 16.8. The normalized spacial score (nSPS) is 19.4. The Labute approximate surface area is 182 Å². The van der Waals surface area contributed by atoms with Gasteiger partial charge in [-0.1, -0.05) is 18.2 Å². The van der Waals surface area contributed by atoms with Crippen LogP contribution in [0.2, 0.25) is 0 Å². The number of alkyl halides is 3. The summed E-state index contributed by atoms with van der Waals surface area (Å²) >= 11 is 0. The van der Waals surface area contributed by atoms with Gasteiger partial charge in [-0.2, -0.15) is 23.7 Å².